The van der Waals surface area contributed by atoms with Crippen molar-refractivity contribution in [3.05, 3.63) is 113 Å². The van der Waals surface area contributed by atoms with Gasteiger partial charge in [0.2, 0.25) is 0 Å². The van der Waals surface area contributed by atoms with E-state index in [-0.39, 0.29) is 0 Å². The van der Waals surface area contributed by atoms with Crippen LogP contribution in [0.3, 0.4) is 0 Å². The van der Waals surface area contributed by atoms with Crippen molar-refractivity contribution in [1.82, 2.24) is 0 Å². The Kier molecular flexibility index (Phi) is 7.67. The van der Waals surface area contributed by atoms with E-state index in [9.17, 15) is 5.21 Å². The Hall–Kier alpha value is -2.99. The molecule has 0 amide bonds. The van der Waals surface area contributed by atoms with Gasteiger partial charge in [0.05, 0.1) is 19.8 Å². The van der Waals surface area contributed by atoms with Gasteiger partial charge < -0.3 is 19.4 Å². The summed E-state index contributed by atoms with van der Waals surface area (Å²) in [6.07, 6.45) is 0.199. The smallest absolute Gasteiger partial charge is 0.188 e. The molecule has 5 heteroatoms. The number of benzene rings is 3. The van der Waals surface area contributed by atoms with E-state index in [4.69, 9.17) is 14.2 Å². The van der Waals surface area contributed by atoms with Crippen LogP contribution in [0.1, 0.15) is 23.6 Å². The summed E-state index contributed by atoms with van der Waals surface area (Å²) in [5.74, 6) is 0. The maximum absolute atomic E-state index is 12.7. The molecule has 32 heavy (non-hydrogen) atoms. The number of hydrogen-bond donors (Lipinski definition) is 0. The van der Waals surface area contributed by atoms with Crippen LogP contribution < -0.4 is 0 Å². The van der Waals surface area contributed by atoms with Gasteiger partial charge in [-0.2, -0.15) is 0 Å². The van der Waals surface area contributed by atoms with Gasteiger partial charge in [-0.15, -0.1) is 0 Å². The lowest BCUT2D eigenvalue weighted by atomic mass is 9.98. The molecule has 0 fully saturated rings. The summed E-state index contributed by atoms with van der Waals surface area (Å²) in [4.78, 5) is 0. The Morgan fingerprint density at radius 2 is 1.03 bits per heavy atom. The minimum absolute atomic E-state index is 0.390. The molecule has 0 saturated carbocycles. The Bertz CT molecular complexity index is 978. The van der Waals surface area contributed by atoms with Crippen molar-refractivity contribution in [3.63, 3.8) is 0 Å². The monoisotopic (exact) mass is 431 g/mol. The highest BCUT2D eigenvalue weighted by molar-refractivity contribution is 5.60. The molecular formula is C27H29NO4. The fourth-order valence-corrected chi connectivity index (χ4v) is 3.83. The van der Waals surface area contributed by atoms with Gasteiger partial charge in [-0.05, 0) is 16.7 Å². The van der Waals surface area contributed by atoms with Crippen molar-refractivity contribution in [2.75, 3.05) is 0 Å². The van der Waals surface area contributed by atoms with E-state index in [1.807, 2.05) is 97.9 Å². The molecule has 1 aliphatic heterocycles. The first-order valence-corrected chi connectivity index (χ1v) is 11.0. The summed E-state index contributed by atoms with van der Waals surface area (Å²) in [5, 5.41) is 12.7. The van der Waals surface area contributed by atoms with Gasteiger partial charge in [0.25, 0.3) is 0 Å². The van der Waals surface area contributed by atoms with Gasteiger partial charge in [-0.25, -0.2) is 4.74 Å². The second kappa shape index (κ2) is 11.0. The zero-order valence-corrected chi connectivity index (χ0v) is 18.2. The van der Waals surface area contributed by atoms with E-state index in [0.717, 1.165) is 21.4 Å². The van der Waals surface area contributed by atoms with Gasteiger partial charge in [0.1, 0.15) is 12.2 Å². The summed E-state index contributed by atoms with van der Waals surface area (Å²) in [5.41, 5.74) is 3.16. The Balaban J connectivity index is 1.52. The van der Waals surface area contributed by atoms with Gasteiger partial charge in [-0.3, -0.25) is 0 Å². The summed E-state index contributed by atoms with van der Waals surface area (Å²) in [6, 6.07) is 29.5. The normalized spacial score (nSPS) is 23.0. The van der Waals surface area contributed by atoms with Crippen molar-refractivity contribution < 1.29 is 18.9 Å². The minimum Gasteiger partial charge on any atom is -0.624 e. The molecule has 0 saturated heterocycles. The van der Waals surface area contributed by atoms with Crippen LogP contribution in [-0.4, -0.2) is 35.3 Å². The third-order valence-electron chi connectivity index (χ3n) is 5.67. The fourth-order valence-electron chi connectivity index (χ4n) is 3.83. The van der Waals surface area contributed by atoms with Crippen LogP contribution in [0.2, 0.25) is 0 Å². The summed E-state index contributed by atoms with van der Waals surface area (Å²) in [6.45, 7) is 3.08. The second-order valence-corrected chi connectivity index (χ2v) is 8.03. The quantitative estimate of drug-likeness (QED) is 0.363. The van der Waals surface area contributed by atoms with Crippen molar-refractivity contribution in [2.24, 2.45) is 0 Å². The van der Waals surface area contributed by atoms with E-state index in [2.05, 4.69) is 0 Å². The highest BCUT2D eigenvalue weighted by Crippen LogP contribution is 2.24. The van der Waals surface area contributed by atoms with E-state index in [1.165, 1.54) is 0 Å². The molecule has 3 aromatic carbocycles. The summed E-state index contributed by atoms with van der Waals surface area (Å²) in [7, 11) is 0. The van der Waals surface area contributed by atoms with Crippen molar-refractivity contribution in [3.8, 4) is 0 Å². The van der Waals surface area contributed by atoms with E-state index < -0.39 is 24.4 Å². The van der Waals surface area contributed by atoms with Crippen LogP contribution in [-0.2, 0) is 34.0 Å². The Morgan fingerprint density at radius 1 is 0.625 bits per heavy atom. The average molecular weight is 432 g/mol. The maximum atomic E-state index is 12.7. The molecule has 0 radical (unpaired) electrons. The number of hydrogen-bond acceptors (Lipinski definition) is 4. The lowest BCUT2D eigenvalue weighted by Crippen LogP contribution is -2.56. The lowest BCUT2D eigenvalue weighted by molar-refractivity contribution is -0.522. The molecule has 4 rings (SSSR count). The van der Waals surface area contributed by atoms with E-state index in [0.29, 0.717) is 19.8 Å². The highest BCUT2D eigenvalue weighted by atomic mass is 16.6. The van der Waals surface area contributed by atoms with E-state index in [1.54, 1.807) is 6.21 Å². The predicted molar refractivity (Wildman–Crippen MR) is 124 cm³/mol. The molecule has 1 aliphatic rings. The van der Waals surface area contributed by atoms with Gasteiger partial charge in [0, 0.05) is 6.92 Å². The first kappa shape index (κ1) is 22.2. The zero-order valence-electron chi connectivity index (χ0n) is 18.2. The molecule has 0 bridgehead atoms. The van der Waals surface area contributed by atoms with Crippen LogP contribution in [0, 0.1) is 5.21 Å². The summed E-state index contributed by atoms with van der Waals surface area (Å²) >= 11 is 0. The first-order valence-electron chi connectivity index (χ1n) is 11.0. The van der Waals surface area contributed by atoms with E-state index >= 15 is 0 Å². The highest BCUT2D eigenvalue weighted by Gasteiger charge is 2.44. The summed E-state index contributed by atoms with van der Waals surface area (Å²) < 4.78 is 19.7. The number of rotatable bonds is 9. The van der Waals surface area contributed by atoms with Gasteiger partial charge in [0.15, 0.2) is 18.4 Å². The lowest BCUT2D eigenvalue weighted by Gasteiger charge is -2.37. The third-order valence-corrected chi connectivity index (χ3v) is 5.67. The first-order chi connectivity index (χ1) is 15.7. The zero-order chi connectivity index (χ0) is 22.2. The van der Waals surface area contributed by atoms with Crippen LogP contribution in [0.4, 0.5) is 0 Å². The topological polar surface area (TPSA) is 53.8 Å². The van der Waals surface area contributed by atoms with Crippen molar-refractivity contribution >= 4 is 6.21 Å². The Labute approximate surface area is 189 Å². The molecule has 0 aliphatic carbocycles. The molecule has 0 aromatic heterocycles. The second-order valence-electron chi connectivity index (χ2n) is 8.03. The Morgan fingerprint density at radius 3 is 1.50 bits per heavy atom. The molecule has 0 N–H and O–H groups in total. The van der Waals surface area contributed by atoms with Crippen LogP contribution in [0.25, 0.3) is 0 Å². The van der Waals surface area contributed by atoms with Crippen molar-refractivity contribution in [2.45, 2.75) is 51.1 Å². The molecule has 0 spiro atoms. The predicted octanol–water partition coefficient (Wildman–Crippen LogP) is 4.73. The third kappa shape index (κ3) is 5.82. The molecule has 0 unspecified atom stereocenters. The molecule has 4 atom stereocenters. The average Bonchev–Trinajstić information content (AvgIpc) is 2.85. The standard InChI is InChI=1S/C27H29NO4/c1-21-26(31-19-23-13-7-3-8-14-23)27(32-20-24-15-9-4-10-16-24)25(17-28(21)29)30-18-22-11-5-2-6-12-22/h2-17,21,25-27H,18-20H2,1H3/t21-,25+,26+,27-/m0/s1. The molecule has 1 heterocycles. The SMILES string of the molecule is C[C@H]1[C@@H](OCc2ccccc2)[C@@H](OCc2ccccc2)[C@H](OCc2ccccc2)C=[N+]1[O-]. The van der Waals surface area contributed by atoms with Gasteiger partial charge >= 0.3 is 0 Å². The molecule has 166 valence electrons. The fraction of sp³-hybridized carbons (Fsp3) is 0.296. The van der Waals surface area contributed by atoms with Gasteiger partial charge in [-0.1, -0.05) is 91.0 Å². The van der Waals surface area contributed by atoms with Crippen LogP contribution in [0.15, 0.2) is 91.0 Å². The largest absolute Gasteiger partial charge is 0.624 e. The minimum atomic E-state index is -0.520. The maximum Gasteiger partial charge on any atom is 0.188 e. The van der Waals surface area contributed by atoms with Crippen LogP contribution in [0.5, 0.6) is 0 Å². The number of nitrogens with zero attached hydrogens (tertiary/aromatic N) is 1. The van der Waals surface area contributed by atoms with Crippen molar-refractivity contribution in [1.29, 1.82) is 0 Å². The van der Waals surface area contributed by atoms with Crippen LogP contribution >= 0.6 is 0 Å². The molecular weight excluding hydrogens is 402 g/mol. The molecule has 3 aromatic rings. The number of ether oxygens (including phenoxy) is 3. The number of hydroxylamine groups is 1. The molecule has 5 nitrogen and oxygen atoms in total.